The molecule has 0 aliphatic carbocycles. The van der Waals surface area contributed by atoms with Crippen LogP contribution in [0.3, 0.4) is 0 Å². The molecule has 1 aliphatic heterocycles. The number of anilines is 1. The van der Waals surface area contributed by atoms with Gasteiger partial charge >= 0.3 is 6.03 Å². The maximum Gasteiger partial charge on any atom is 0.335 e. The average Bonchev–Trinajstić information content (AvgIpc) is 2.71. The van der Waals surface area contributed by atoms with E-state index in [-0.39, 0.29) is 12.2 Å². The largest absolute Gasteiger partial charge is 0.494 e. The number of imide groups is 2. The molecule has 2 aromatic rings. The Hall–Kier alpha value is -3.87. The van der Waals surface area contributed by atoms with Crippen LogP contribution >= 0.6 is 0 Å². The molecule has 1 N–H and O–H groups in total. The third-order valence-corrected chi connectivity index (χ3v) is 4.08. The van der Waals surface area contributed by atoms with Crippen LogP contribution < -0.4 is 19.7 Å². The summed E-state index contributed by atoms with van der Waals surface area (Å²) in [6.45, 7) is 6.23. The minimum Gasteiger partial charge on any atom is -0.494 e. The molecule has 0 aromatic heterocycles. The van der Waals surface area contributed by atoms with E-state index < -0.39 is 17.8 Å². The number of rotatable bonds is 7. The van der Waals surface area contributed by atoms with Crippen molar-refractivity contribution in [2.24, 2.45) is 0 Å². The van der Waals surface area contributed by atoms with E-state index in [1.807, 2.05) is 6.92 Å². The molecule has 1 saturated heterocycles. The summed E-state index contributed by atoms with van der Waals surface area (Å²) in [6.07, 6.45) is 3.00. The normalized spacial score (nSPS) is 15.3. The van der Waals surface area contributed by atoms with E-state index in [1.54, 1.807) is 54.6 Å². The zero-order chi connectivity index (χ0) is 20.8. The number of urea groups is 1. The topological polar surface area (TPSA) is 84.9 Å². The minimum atomic E-state index is -0.808. The fourth-order valence-electron chi connectivity index (χ4n) is 2.79. The second-order valence-corrected chi connectivity index (χ2v) is 6.02. The van der Waals surface area contributed by atoms with Gasteiger partial charge < -0.3 is 9.47 Å². The molecule has 1 aliphatic rings. The molecule has 0 atom stereocenters. The summed E-state index contributed by atoms with van der Waals surface area (Å²) in [7, 11) is 0. The Morgan fingerprint density at radius 3 is 2.45 bits per heavy atom. The number of barbiturate groups is 1. The van der Waals surface area contributed by atoms with E-state index in [0.29, 0.717) is 29.4 Å². The lowest BCUT2D eigenvalue weighted by molar-refractivity contribution is -0.122. The number of nitrogens with zero attached hydrogens (tertiary/aromatic N) is 1. The van der Waals surface area contributed by atoms with Crippen molar-refractivity contribution in [3.63, 3.8) is 0 Å². The molecular weight excluding hydrogens is 372 g/mol. The minimum absolute atomic E-state index is 0.173. The van der Waals surface area contributed by atoms with Crippen LogP contribution in [0.5, 0.6) is 11.5 Å². The highest BCUT2D eigenvalue weighted by Crippen LogP contribution is 2.26. The van der Waals surface area contributed by atoms with E-state index in [2.05, 4.69) is 11.9 Å². The second kappa shape index (κ2) is 8.88. The molecule has 29 heavy (non-hydrogen) atoms. The number of hydrogen-bond acceptors (Lipinski definition) is 5. The second-order valence-electron chi connectivity index (χ2n) is 6.02. The number of carbonyl (C=O) groups excluding carboxylic acids is 3. The van der Waals surface area contributed by atoms with Crippen LogP contribution in [0.4, 0.5) is 10.5 Å². The lowest BCUT2D eigenvalue weighted by Crippen LogP contribution is -2.54. The van der Waals surface area contributed by atoms with E-state index in [1.165, 1.54) is 6.08 Å². The van der Waals surface area contributed by atoms with E-state index in [0.717, 1.165) is 4.90 Å². The summed E-state index contributed by atoms with van der Waals surface area (Å²) >= 11 is 0. The molecule has 2 aromatic carbocycles. The van der Waals surface area contributed by atoms with Gasteiger partial charge in [-0.2, -0.15) is 0 Å². The Kier molecular flexibility index (Phi) is 6.09. The van der Waals surface area contributed by atoms with Gasteiger partial charge in [-0.25, -0.2) is 9.69 Å². The summed E-state index contributed by atoms with van der Waals surface area (Å²) < 4.78 is 10.9. The molecule has 1 fully saturated rings. The molecule has 1 heterocycles. The quantitative estimate of drug-likeness (QED) is 0.444. The summed E-state index contributed by atoms with van der Waals surface area (Å²) in [5.41, 5.74) is 0.688. The van der Waals surface area contributed by atoms with Gasteiger partial charge in [0, 0.05) is 5.56 Å². The number of carbonyl (C=O) groups is 3. The number of ether oxygens (including phenoxy) is 2. The molecule has 0 saturated carbocycles. The first-order chi connectivity index (χ1) is 14.0. The zero-order valence-corrected chi connectivity index (χ0v) is 15.9. The zero-order valence-electron chi connectivity index (χ0n) is 15.9. The van der Waals surface area contributed by atoms with E-state index in [4.69, 9.17) is 9.47 Å². The molecule has 0 unspecified atom stereocenters. The molecule has 0 bridgehead atoms. The van der Waals surface area contributed by atoms with Gasteiger partial charge in [-0.05, 0) is 43.3 Å². The molecule has 3 rings (SSSR count). The Morgan fingerprint density at radius 1 is 1.03 bits per heavy atom. The number of benzene rings is 2. The van der Waals surface area contributed by atoms with Crippen molar-refractivity contribution in [1.82, 2.24) is 5.32 Å². The molecular formula is C22H20N2O5. The standard InChI is InChI=1S/C22H20N2O5/c1-3-13-29-19-8-6-5-7-15(19)14-18-20(25)23-22(27)24(21(18)26)16-9-11-17(12-10-16)28-4-2/h3,5-12,14H,1,4,13H2,2H3,(H,23,25,27)/b18-14+. The van der Waals surface area contributed by atoms with Crippen molar-refractivity contribution in [2.75, 3.05) is 18.1 Å². The van der Waals surface area contributed by atoms with Crippen molar-refractivity contribution < 1.29 is 23.9 Å². The first-order valence-corrected chi connectivity index (χ1v) is 9.02. The van der Waals surface area contributed by atoms with Crippen molar-refractivity contribution in [1.29, 1.82) is 0 Å². The Balaban J connectivity index is 1.95. The summed E-state index contributed by atoms with van der Waals surface area (Å²) in [5, 5.41) is 2.20. The highest BCUT2D eigenvalue weighted by atomic mass is 16.5. The van der Waals surface area contributed by atoms with E-state index in [9.17, 15) is 14.4 Å². The van der Waals surface area contributed by atoms with Crippen LogP contribution in [0.25, 0.3) is 6.08 Å². The lowest BCUT2D eigenvalue weighted by Gasteiger charge is -2.26. The molecule has 148 valence electrons. The summed E-state index contributed by atoms with van der Waals surface area (Å²) in [6, 6.07) is 12.6. The van der Waals surface area contributed by atoms with Gasteiger partial charge in [0.1, 0.15) is 23.7 Å². The van der Waals surface area contributed by atoms with Crippen molar-refractivity contribution >= 4 is 29.6 Å². The van der Waals surface area contributed by atoms with E-state index >= 15 is 0 Å². The van der Waals surface area contributed by atoms with Gasteiger partial charge in [-0.3, -0.25) is 14.9 Å². The number of nitrogens with one attached hydrogen (secondary N) is 1. The van der Waals surface area contributed by atoms with Gasteiger partial charge in [-0.1, -0.05) is 30.9 Å². The summed E-state index contributed by atoms with van der Waals surface area (Å²) in [4.78, 5) is 38.5. The Morgan fingerprint density at radius 2 is 1.76 bits per heavy atom. The predicted octanol–water partition coefficient (Wildman–Crippen LogP) is 3.32. The average molecular weight is 392 g/mol. The fourth-order valence-corrected chi connectivity index (χ4v) is 2.79. The molecule has 0 spiro atoms. The van der Waals surface area contributed by atoms with Gasteiger partial charge in [0.25, 0.3) is 11.8 Å². The van der Waals surface area contributed by atoms with Crippen molar-refractivity contribution in [3.8, 4) is 11.5 Å². The van der Waals surface area contributed by atoms with Crippen LogP contribution in [0.2, 0.25) is 0 Å². The van der Waals surface area contributed by atoms with Crippen LogP contribution in [0.15, 0.2) is 66.8 Å². The maximum absolute atomic E-state index is 13.0. The van der Waals surface area contributed by atoms with Crippen LogP contribution in [0, 0.1) is 0 Å². The van der Waals surface area contributed by atoms with Gasteiger partial charge in [0.15, 0.2) is 0 Å². The van der Waals surface area contributed by atoms with Crippen molar-refractivity contribution in [2.45, 2.75) is 6.92 Å². The molecule has 7 heteroatoms. The number of amides is 4. The van der Waals surface area contributed by atoms with Crippen LogP contribution in [-0.2, 0) is 9.59 Å². The monoisotopic (exact) mass is 392 g/mol. The number of hydrogen-bond donors (Lipinski definition) is 1. The Bertz CT molecular complexity index is 979. The highest BCUT2D eigenvalue weighted by molar-refractivity contribution is 6.39. The molecule has 7 nitrogen and oxygen atoms in total. The highest BCUT2D eigenvalue weighted by Gasteiger charge is 2.36. The smallest absolute Gasteiger partial charge is 0.335 e. The first kappa shape index (κ1) is 19.9. The van der Waals surface area contributed by atoms with Crippen LogP contribution in [-0.4, -0.2) is 31.1 Å². The lowest BCUT2D eigenvalue weighted by atomic mass is 10.1. The summed E-state index contributed by atoms with van der Waals surface area (Å²) in [5.74, 6) is -0.381. The van der Waals surface area contributed by atoms with Crippen molar-refractivity contribution in [3.05, 3.63) is 72.3 Å². The number of para-hydroxylation sites is 1. The third-order valence-electron chi connectivity index (χ3n) is 4.08. The Labute approximate surface area is 168 Å². The van der Waals surface area contributed by atoms with Crippen LogP contribution in [0.1, 0.15) is 12.5 Å². The fraction of sp³-hybridized carbons (Fsp3) is 0.136. The van der Waals surface area contributed by atoms with Gasteiger partial charge in [0.05, 0.1) is 12.3 Å². The predicted molar refractivity (Wildman–Crippen MR) is 109 cm³/mol. The first-order valence-electron chi connectivity index (χ1n) is 9.02. The SMILES string of the molecule is C=CCOc1ccccc1/C=C1\C(=O)NC(=O)N(c2ccc(OCC)cc2)C1=O. The van der Waals surface area contributed by atoms with Gasteiger partial charge in [0.2, 0.25) is 0 Å². The molecule has 0 radical (unpaired) electrons. The molecule has 4 amide bonds. The third kappa shape index (κ3) is 4.35. The van der Waals surface area contributed by atoms with Gasteiger partial charge in [-0.15, -0.1) is 0 Å². The maximum atomic E-state index is 13.0.